The highest BCUT2D eigenvalue weighted by molar-refractivity contribution is 5.11. The fourth-order valence-electron chi connectivity index (χ4n) is 3.17. The monoisotopic (exact) mass is 266 g/mol. The van der Waals surface area contributed by atoms with Crippen LogP contribution in [0.5, 0.6) is 0 Å². The summed E-state index contributed by atoms with van der Waals surface area (Å²) in [4.78, 5) is 2.34. The Bertz CT molecular complexity index is 372. The minimum atomic E-state index is 0.0870. The Hall–Kier alpha value is -0.840. The molecule has 0 aromatic carbocycles. The second kappa shape index (κ2) is 7.08. The first-order valence-corrected chi connectivity index (χ1v) is 7.39. The van der Waals surface area contributed by atoms with E-state index < -0.39 is 0 Å². The molecular weight excluding hydrogens is 240 g/mol. The van der Waals surface area contributed by atoms with Crippen molar-refractivity contribution in [2.45, 2.75) is 51.1 Å². The van der Waals surface area contributed by atoms with E-state index in [1.54, 1.807) is 0 Å². The van der Waals surface area contributed by atoms with E-state index in [1.807, 2.05) is 19.1 Å². The predicted molar refractivity (Wildman–Crippen MR) is 75.9 cm³/mol. The van der Waals surface area contributed by atoms with Gasteiger partial charge >= 0.3 is 0 Å². The number of rotatable bonds is 6. The fourth-order valence-corrected chi connectivity index (χ4v) is 3.17. The summed E-state index contributed by atoms with van der Waals surface area (Å²) < 4.78 is 5.75. The first-order valence-electron chi connectivity index (χ1n) is 7.39. The third-order valence-electron chi connectivity index (χ3n) is 4.12. The summed E-state index contributed by atoms with van der Waals surface area (Å²) >= 11 is 0. The molecule has 1 atom stereocenters. The Morgan fingerprint density at radius 1 is 1.37 bits per heavy atom. The van der Waals surface area contributed by atoms with Gasteiger partial charge in [0.2, 0.25) is 0 Å². The van der Waals surface area contributed by atoms with Crippen molar-refractivity contribution in [3.8, 4) is 0 Å². The van der Waals surface area contributed by atoms with E-state index in [9.17, 15) is 5.11 Å². The molecule has 1 saturated carbocycles. The molecule has 1 aliphatic rings. The highest BCUT2D eigenvalue weighted by atomic mass is 16.3. The van der Waals surface area contributed by atoms with Crippen LogP contribution in [0.4, 0.5) is 0 Å². The molecule has 108 valence electrons. The van der Waals surface area contributed by atoms with Crippen LogP contribution < -0.4 is 5.73 Å². The van der Waals surface area contributed by atoms with Crippen LogP contribution >= 0.6 is 0 Å². The minimum Gasteiger partial charge on any atom is -0.465 e. The van der Waals surface area contributed by atoms with Crippen LogP contribution in [0.2, 0.25) is 0 Å². The van der Waals surface area contributed by atoms with Gasteiger partial charge in [-0.2, -0.15) is 0 Å². The maximum atomic E-state index is 9.35. The Kier molecular flexibility index (Phi) is 5.43. The maximum Gasteiger partial charge on any atom is 0.122 e. The van der Waals surface area contributed by atoms with Gasteiger partial charge in [0.05, 0.1) is 12.6 Å². The smallest absolute Gasteiger partial charge is 0.122 e. The quantitative estimate of drug-likeness (QED) is 0.828. The molecule has 0 radical (unpaired) electrons. The normalized spacial score (nSPS) is 18.9. The van der Waals surface area contributed by atoms with Gasteiger partial charge in [-0.1, -0.05) is 19.3 Å². The zero-order valence-corrected chi connectivity index (χ0v) is 11.8. The van der Waals surface area contributed by atoms with Crippen molar-refractivity contribution in [3.05, 3.63) is 23.7 Å². The van der Waals surface area contributed by atoms with E-state index in [0.29, 0.717) is 19.1 Å². The standard InChI is InChI=1S/C15H26N2O2/c1-12-7-8-15(19-12)14(11-16)17(9-10-18)13-5-3-2-4-6-13/h7-8,13-14,18H,2-6,9-11,16H2,1H3. The first kappa shape index (κ1) is 14.6. The van der Waals surface area contributed by atoms with Gasteiger partial charge in [-0.05, 0) is 31.9 Å². The van der Waals surface area contributed by atoms with E-state index in [1.165, 1.54) is 32.1 Å². The highest BCUT2D eigenvalue weighted by Crippen LogP contribution is 2.30. The SMILES string of the molecule is Cc1ccc(C(CN)N(CCO)C2CCCCC2)o1. The van der Waals surface area contributed by atoms with Gasteiger partial charge in [-0.25, -0.2) is 0 Å². The average Bonchev–Trinajstić information content (AvgIpc) is 2.86. The van der Waals surface area contributed by atoms with Crippen molar-refractivity contribution in [1.82, 2.24) is 4.90 Å². The number of nitrogens with two attached hydrogens (primary N) is 1. The molecule has 1 aromatic rings. The highest BCUT2D eigenvalue weighted by Gasteiger charge is 2.29. The number of nitrogens with zero attached hydrogens (tertiary/aromatic N) is 1. The van der Waals surface area contributed by atoms with Crippen molar-refractivity contribution in [1.29, 1.82) is 0 Å². The summed E-state index contributed by atoms with van der Waals surface area (Å²) in [6.45, 7) is 3.33. The lowest BCUT2D eigenvalue weighted by Crippen LogP contribution is -2.43. The molecule has 1 heterocycles. The van der Waals surface area contributed by atoms with Gasteiger partial charge in [0.1, 0.15) is 11.5 Å². The van der Waals surface area contributed by atoms with E-state index >= 15 is 0 Å². The van der Waals surface area contributed by atoms with Gasteiger partial charge in [0.25, 0.3) is 0 Å². The van der Waals surface area contributed by atoms with Crippen molar-refractivity contribution in [2.24, 2.45) is 5.73 Å². The molecular formula is C15H26N2O2. The minimum absolute atomic E-state index is 0.0870. The molecule has 19 heavy (non-hydrogen) atoms. The van der Waals surface area contributed by atoms with Crippen LogP contribution in [-0.4, -0.2) is 35.7 Å². The van der Waals surface area contributed by atoms with Gasteiger partial charge in [0, 0.05) is 19.1 Å². The zero-order chi connectivity index (χ0) is 13.7. The van der Waals surface area contributed by atoms with E-state index in [-0.39, 0.29) is 12.6 Å². The zero-order valence-electron chi connectivity index (χ0n) is 11.8. The molecule has 1 unspecified atom stereocenters. The van der Waals surface area contributed by atoms with Crippen LogP contribution in [0.25, 0.3) is 0 Å². The Balaban J connectivity index is 2.14. The summed E-state index contributed by atoms with van der Waals surface area (Å²) in [6.07, 6.45) is 6.30. The lowest BCUT2D eigenvalue weighted by Gasteiger charge is -2.38. The third kappa shape index (κ3) is 3.59. The molecule has 3 N–H and O–H groups in total. The van der Waals surface area contributed by atoms with Crippen molar-refractivity contribution in [3.63, 3.8) is 0 Å². The molecule has 4 nitrogen and oxygen atoms in total. The molecule has 4 heteroatoms. The van der Waals surface area contributed by atoms with Gasteiger partial charge in [0.15, 0.2) is 0 Å². The number of aliphatic hydroxyl groups is 1. The molecule has 0 amide bonds. The maximum absolute atomic E-state index is 9.35. The van der Waals surface area contributed by atoms with E-state index in [0.717, 1.165) is 11.5 Å². The Labute approximate surface area is 115 Å². The van der Waals surface area contributed by atoms with Gasteiger partial charge < -0.3 is 15.3 Å². The number of aryl methyl sites for hydroxylation is 1. The topological polar surface area (TPSA) is 62.6 Å². The molecule has 0 spiro atoms. The second-order valence-corrected chi connectivity index (χ2v) is 5.45. The van der Waals surface area contributed by atoms with Crippen molar-refractivity contribution >= 4 is 0 Å². The van der Waals surface area contributed by atoms with Gasteiger partial charge in [-0.3, -0.25) is 4.90 Å². The van der Waals surface area contributed by atoms with Gasteiger partial charge in [-0.15, -0.1) is 0 Å². The number of hydrogen-bond donors (Lipinski definition) is 2. The molecule has 0 saturated heterocycles. The molecule has 1 aromatic heterocycles. The third-order valence-corrected chi connectivity index (χ3v) is 4.12. The average molecular weight is 266 g/mol. The van der Waals surface area contributed by atoms with Crippen LogP contribution in [0.1, 0.15) is 49.7 Å². The molecule has 2 rings (SSSR count). The Morgan fingerprint density at radius 3 is 2.63 bits per heavy atom. The second-order valence-electron chi connectivity index (χ2n) is 5.45. The summed E-state index contributed by atoms with van der Waals surface area (Å²) in [5.41, 5.74) is 5.97. The van der Waals surface area contributed by atoms with E-state index in [2.05, 4.69) is 4.90 Å². The molecule has 1 aliphatic carbocycles. The number of furan rings is 1. The van der Waals surface area contributed by atoms with Crippen LogP contribution in [0, 0.1) is 6.92 Å². The number of aliphatic hydroxyl groups excluding tert-OH is 1. The van der Waals surface area contributed by atoms with Crippen molar-refractivity contribution in [2.75, 3.05) is 19.7 Å². The number of hydrogen-bond acceptors (Lipinski definition) is 4. The molecule has 0 bridgehead atoms. The Morgan fingerprint density at radius 2 is 2.11 bits per heavy atom. The lowest BCUT2D eigenvalue weighted by atomic mass is 9.92. The molecule has 1 fully saturated rings. The van der Waals surface area contributed by atoms with E-state index in [4.69, 9.17) is 10.2 Å². The summed E-state index contributed by atoms with van der Waals surface area (Å²) in [5, 5.41) is 9.35. The largest absolute Gasteiger partial charge is 0.465 e. The lowest BCUT2D eigenvalue weighted by molar-refractivity contribution is 0.0728. The first-order chi connectivity index (χ1) is 9.26. The van der Waals surface area contributed by atoms with Crippen LogP contribution in [0.15, 0.2) is 16.5 Å². The van der Waals surface area contributed by atoms with Crippen LogP contribution in [0.3, 0.4) is 0 Å². The summed E-state index contributed by atoms with van der Waals surface area (Å²) in [7, 11) is 0. The van der Waals surface area contributed by atoms with Crippen molar-refractivity contribution < 1.29 is 9.52 Å². The summed E-state index contributed by atoms with van der Waals surface area (Å²) in [5.74, 6) is 1.85. The fraction of sp³-hybridized carbons (Fsp3) is 0.733. The molecule has 0 aliphatic heterocycles. The summed E-state index contributed by atoms with van der Waals surface area (Å²) in [6, 6.07) is 4.61. The van der Waals surface area contributed by atoms with Crippen LogP contribution in [-0.2, 0) is 0 Å². The predicted octanol–water partition coefficient (Wildman–Crippen LogP) is 2.21.